The Morgan fingerprint density at radius 1 is 1.67 bits per heavy atom. The molecule has 2 amide bonds. The molecule has 0 aromatic rings. The van der Waals surface area contributed by atoms with Crippen molar-refractivity contribution in [3.05, 3.63) is 0 Å². The molecule has 1 unspecified atom stereocenters. The first kappa shape index (κ1) is 9.49. The van der Waals surface area contributed by atoms with E-state index in [0.29, 0.717) is 0 Å². The van der Waals surface area contributed by atoms with Crippen LogP contribution >= 0.6 is 12.6 Å². The number of amides is 2. The van der Waals surface area contributed by atoms with Gasteiger partial charge in [0.1, 0.15) is 0 Å². The maximum atomic E-state index is 10.4. The largest absolute Gasteiger partial charge is 1.00 e. The summed E-state index contributed by atoms with van der Waals surface area (Å²) < 4.78 is 0. The van der Waals surface area contributed by atoms with Crippen LogP contribution in [-0.4, -0.2) is 17.1 Å². The van der Waals surface area contributed by atoms with Crippen molar-refractivity contribution < 1.29 is 40.6 Å². The van der Waals surface area contributed by atoms with Crippen LogP contribution in [0.2, 0.25) is 0 Å². The van der Waals surface area contributed by atoms with Crippen LogP contribution < -0.4 is 34.9 Å². The predicted molar refractivity (Wildman–Crippen MR) is 31.7 cm³/mol. The second-order valence-corrected chi connectivity index (χ2v) is 2.26. The van der Waals surface area contributed by atoms with Crippen molar-refractivity contribution in [1.82, 2.24) is 5.32 Å². The van der Waals surface area contributed by atoms with Gasteiger partial charge in [-0.15, -0.1) is 0 Å². The fraction of sp³-hybridized carbons (Fsp3) is 0.500. The van der Waals surface area contributed by atoms with E-state index in [1.165, 1.54) is 0 Å². The molecule has 1 aliphatic heterocycles. The Balaban J connectivity index is 0. The van der Waals surface area contributed by atoms with Crippen LogP contribution in [0.4, 0.5) is 0 Å². The molecular formula is C4H6NNaO2S. The van der Waals surface area contributed by atoms with Crippen molar-refractivity contribution in [2.75, 3.05) is 0 Å². The van der Waals surface area contributed by atoms with E-state index >= 15 is 0 Å². The van der Waals surface area contributed by atoms with Crippen molar-refractivity contribution >= 4 is 24.4 Å². The third-order valence-corrected chi connectivity index (χ3v) is 1.36. The summed E-state index contributed by atoms with van der Waals surface area (Å²) in [6.45, 7) is 0. The van der Waals surface area contributed by atoms with Crippen LogP contribution in [0.25, 0.3) is 0 Å². The number of carbonyl (C=O) groups is 2. The van der Waals surface area contributed by atoms with E-state index in [1.807, 2.05) is 0 Å². The molecule has 0 aliphatic carbocycles. The van der Waals surface area contributed by atoms with Crippen molar-refractivity contribution in [1.29, 1.82) is 0 Å². The number of carbonyl (C=O) groups excluding carboxylic acids is 2. The molecule has 5 heteroatoms. The van der Waals surface area contributed by atoms with Gasteiger partial charge in [-0.25, -0.2) is 0 Å². The molecule has 1 fully saturated rings. The molecular weight excluding hydrogens is 149 g/mol. The summed E-state index contributed by atoms with van der Waals surface area (Å²) in [6, 6.07) is 0. The predicted octanol–water partition coefficient (Wildman–Crippen LogP) is -3.55. The number of nitrogens with one attached hydrogen (secondary N) is 1. The van der Waals surface area contributed by atoms with E-state index in [-0.39, 0.29) is 49.2 Å². The minimum atomic E-state index is -0.414. The Kier molecular flexibility index (Phi) is 3.80. The number of imide groups is 1. The number of rotatable bonds is 0. The van der Waals surface area contributed by atoms with E-state index in [2.05, 4.69) is 17.9 Å². The maximum Gasteiger partial charge on any atom is 1.00 e. The van der Waals surface area contributed by atoms with Crippen LogP contribution in [0.1, 0.15) is 7.85 Å². The van der Waals surface area contributed by atoms with Crippen LogP contribution in [0.3, 0.4) is 0 Å². The second-order valence-electron chi connectivity index (χ2n) is 1.63. The van der Waals surface area contributed by atoms with Gasteiger partial charge in [0.25, 0.3) is 0 Å². The van der Waals surface area contributed by atoms with E-state index in [0.717, 1.165) is 0 Å². The van der Waals surface area contributed by atoms with E-state index < -0.39 is 5.25 Å². The van der Waals surface area contributed by atoms with Gasteiger partial charge in [0.2, 0.25) is 11.8 Å². The summed E-state index contributed by atoms with van der Waals surface area (Å²) in [7, 11) is 0. The standard InChI is InChI=1S/C4H5NO2S.Na.H/c6-3-1-2(8)4(7)5-3;;/h2,8H,1H2,(H,5,6,7);;/q;+1;-1. The summed E-state index contributed by atoms with van der Waals surface area (Å²) in [6.07, 6.45) is 0.224. The van der Waals surface area contributed by atoms with E-state index in [1.54, 1.807) is 0 Å². The molecule has 1 aliphatic rings. The third-order valence-electron chi connectivity index (χ3n) is 0.944. The van der Waals surface area contributed by atoms with Gasteiger partial charge in [-0.05, 0) is 0 Å². The molecule has 9 heavy (non-hydrogen) atoms. The van der Waals surface area contributed by atoms with Gasteiger partial charge < -0.3 is 1.43 Å². The zero-order chi connectivity index (χ0) is 6.15. The Morgan fingerprint density at radius 2 is 2.22 bits per heavy atom. The van der Waals surface area contributed by atoms with Crippen LogP contribution in [0.15, 0.2) is 0 Å². The number of hydrogen-bond acceptors (Lipinski definition) is 3. The first-order chi connectivity index (χ1) is 3.70. The van der Waals surface area contributed by atoms with Gasteiger partial charge in [-0.2, -0.15) is 12.6 Å². The molecule has 0 aromatic heterocycles. The van der Waals surface area contributed by atoms with Gasteiger partial charge in [-0.1, -0.05) is 0 Å². The SMILES string of the molecule is O=C1CC(S)C(=O)N1.[H-].[Na+]. The molecule has 1 atom stereocenters. The smallest absolute Gasteiger partial charge is 1.00 e. The molecule has 1 rings (SSSR count). The van der Waals surface area contributed by atoms with Crippen molar-refractivity contribution in [2.45, 2.75) is 11.7 Å². The second kappa shape index (κ2) is 3.61. The monoisotopic (exact) mass is 155 g/mol. The molecule has 0 bridgehead atoms. The molecule has 0 aromatic carbocycles. The first-order valence-electron chi connectivity index (χ1n) is 2.22. The van der Waals surface area contributed by atoms with Gasteiger partial charge in [0, 0.05) is 6.42 Å². The van der Waals surface area contributed by atoms with Gasteiger partial charge in [0.05, 0.1) is 5.25 Å². The fourth-order valence-corrected chi connectivity index (χ4v) is 0.770. The van der Waals surface area contributed by atoms with Crippen molar-refractivity contribution in [3.63, 3.8) is 0 Å². The van der Waals surface area contributed by atoms with Crippen molar-refractivity contribution in [2.24, 2.45) is 0 Å². The minimum absolute atomic E-state index is 0. The van der Waals surface area contributed by atoms with Crippen LogP contribution in [-0.2, 0) is 9.59 Å². The quantitative estimate of drug-likeness (QED) is 0.216. The number of hydrogen-bond donors (Lipinski definition) is 2. The van der Waals surface area contributed by atoms with Gasteiger partial charge in [-0.3, -0.25) is 14.9 Å². The van der Waals surface area contributed by atoms with E-state index in [4.69, 9.17) is 0 Å². The number of thiol groups is 1. The Labute approximate surface area is 81.8 Å². The maximum absolute atomic E-state index is 10.4. The zero-order valence-electron chi connectivity index (χ0n) is 6.05. The topological polar surface area (TPSA) is 46.2 Å². The average molecular weight is 155 g/mol. The Morgan fingerprint density at radius 3 is 2.33 bits per heavy atom. The van der Waals surface area contributed by atoms with Crippen molar-refractivity contribution in [3.8, 4) is 0 Å². The molecule has 1 saturated heterocycles. The van der Waals surface area contributed by atoms with Crippen LogP contribution in [0.5, 0.6) is 0 Å². The Hall–Kier alpha value is 0.490. The first-order valence-corrected chi connectivity index (χ1v) is 2.73. The molecule has 3 nitrogen and oxygen atoms in total. The normalized spacial score (nSPS) is 25.2. The summed E-state index contributed by atoms with van der Waals surface area (Å²) in [4.78, 5) is 20.7. The van der Waals surface area contributed by atoms with Gasteiger partial charge >= 0.3 is 29.6 Å². The van der Waals surface area contributed by atoms with E-state index in [9.17, 15) is 9.59 Å². The summed E-state index contributed by atoms with van der Waals surface area (Å²) >= 11 is 3.81. The van der Waals surface area contributed by atoms with Crippen LogP contribution in [0, 0.1) is 0 Å². The molecule has 46 valence electrons. The third kappa shape index (κ3) is 2.29. The minimum Gasteiger partial charge on any atom is -1.00 e. The average Bonchev–Trinajstić information content (AvgIpc) is 1.85. The molecule has 0 saturated carbocycles. The Bertz CT molecular complexity index is 154. The fourth-order valence-electron chi connectivity index (χ4n) is 0.540. The molecule has 1 heterocycles. The molecule has 1 N–H and O–H groups in total. The summed E-state index contributed by atoms with van der Waals surface area (Å²) in [5, 5.41) is 1.70. The molecule has 0 spiro atoms. The zero-order valence-corrected chi connectivity index (χ0v) is 7.94. The van der Waals surface area contributed by atoms with Gasteiger partial charge in [0.15, 0.2) is 0 Å². The summed E-state index contributed by atoms with van der Waals surface area (Å²) in [5.41, 5.74) is 0. The summed E-state index contributed by atoms with van der Waals surface area (Å²) in [5.74, 6) is -0.506. The molecule has 0 radical (unpaired) electrons.